The lowest BCUT2D eigenvalue weighted by atomic mass is 9.96. The molecule has 2 atom stereocenters. The van der Waals surface area contributed by atoms with E-state index >= 15 is 0 Å². The van der Waals surface area contributed by atoms with Crippen LogP contribution < -0.4 is 5.73 Å². The molecule has 0 amide bonds. The Kier molecular flexibility index (Phi) is 4.00. The topological polar surface area (TPSA) is 29.3 Å². The molecular formula is C13H22N2S. The van der Waals surface area contributed by atoms with Crippen LogP contribution in [0.3, 0.4) is 0 Å². The number of rotatable bonds is 3. The van der Waals surface area contributed by atoms with E-state index in [0.29, 0.717) is 6.04 Å². The lowest BCUT2D eigenvalue weighted by Gasteiger charge is -2.38. The smallest absolute Gasteiger partial charge is 0.0590 e. The fraction of sp³-hybridized carbons (Fsp3) is 0.692. The van der Waals surface area contributed by atoms with E-state index in [1.54, 1.807) is 0 Å². The van der Waals surface area contributed by atoms with Gasteiger partial charge in [0.1, 0.15) is 0 Å². The summed E-state index contributed by atoms with van der Waals surface area (Å²) in [5.41, 5.74) is 6.16. The Bertz CT molecular complexity index is 300. The Labute approximate surface area is 102 Å². The zero-order valence-electron chi connectivity index (χ0n) is 10.2. The molecule has 2 heterocycles. The standard InChI is InChI=1S/C13H22N2S/c1-10-5-7-15(8-6-10)13(11(2)14)12-4-3-9-16-12/h3-4,9-11,13H,5-8,14H2,1-2H3. The molecule has 1 fully saturated rings. The maximum absolute atomic E-state index is 6.16. The van der Waals surface area contributed by atoms with Crippen LogP contribution >= 0.6 is 11.3 Å². The van der Waals surface area contributed by atoms with Gasteiger partial charge in [-0.1, -0.05) is 13.0 Å². The molecule has 1 aromatic heterocycles. The molecule has 2 nitrogen and oxygen atoms in total. The summed E-state index contributed by atoms with van der Waals surface area (Å²) in [5.74, 6) is 0.883. The van der Waals surface area contributed by atoms with Gasteiger partial charge in [-0.3, -0.25) is 4.90 Å². The van der Waals surface area contributed by atoms with E-state index in [1.165, 1.54) is 30.8 Å². The molecule has 0 radical (unpaired) electrons. The van der Waals surface area contributed by atoms with Gasteiger partial charge in [0, 0.05) is 10.9 Å². The molecule has 1 aromatic rings. The van der Waals surface area contributed by atoms with E-state index < -0.39 is 0 Å². The molecule has 0 aliphatic carbocycles. The Balaban J connectivity index is 2.08. The van der Waals surface area contributed by atoms with Crippen molar-refractivity contribution in [2.45, 2.75) is 38.8 Å². The maximum atomic E-state index is 6.16. The Morgan fingerprint density at radius 1 is 1.44 bits per heavy atom. The fourth-order valence-corrected chi connectivity index (χ4v) is 3.51. The third-order valence-corrected chi connectivity index (χ3v) is 4.49. The number of piperidine rings is 1. The van der Waals surface area contributed by atoms with Crippen LogP contribution in [0.1, 0.15) is 37.6 Å². The van der Waals surface area contributed by atoms with E-state index in [9.17, 15) is 0 Å². The van der Waals surface area contributed by atoms with Crippen molar-refractivity contribution in [3.8, 4) is 0 Å². The molecule has 1 aliphatic rings. The predicted octanol–water partition coefficient (Wildman–Crippen LogP) is 2.87. The van der Waals surface area contributed by atoms with Crippen molar-refractivity contribution in [1.29, 1.82) is 0 Å². The maximum Gasteiger partial charge on any atom is 0.0590 e. The second-order valence-corrected chi connectivity index (χ2v) is 6.02. The van der Waals surface area contributed by atoms with Crippen LogP contribution in [0, 0.1) is 5.92 Å². The summed E-state index contributed by atoms with van der Waals surface area (Å²) in [7, 11) is 0. The minimum Gasteiger partial charge on any atom is -0.326 e. The van der Waals surface area contributed by atoms with E-state index in [1.807, 2.05) is 11.3 Å². The second kappa shape index (κ2) is 5.30. The van der Waals surface area contributed by atoms with Gasteiger partial charge in [0.2, 0.25) is 0 Å². The Morgan fingerprint density at radius 2 is 2.12 bits per heavy atom. The molecular weight excluding hydrogens is 216 g/mol. The quantitative estimate of drug-likeness (QED) is 0.877. The highest BCUT2D eigenvalue weighted by atomic mass is 32.1. The van der Waals surface area contributed by atoms with Crippen LogP contribution in [-0.4, -0.2) is 24.0 Å². The first-order valence-corrected chi connectivity index (χ1v) is 7.09. The highest BCUT2D eigenvalue weighted by Crippen LogP contribution is 2.31. The van der Waals surface area contributed by atoms with Crippen molar-refractivity contribution in [3.05, 3.63) is 22.4 Å². The summed E-state index contributed by atoms with van der Waals surface area (Å²) in [6.45, 7) is 6.88. The van der Waals surface area contributed by atoms with Crippen molar-refractivity contribution in [2.75, 3.05) is 13.1 Å². The van der Waals surface area contributed by atoms with E-state index in [4.69, 9.17) is 5.73 Å². The molecule has 1 aliphatic heterocycles. The van der Waals surface area contributed by atoms with Crippen LogP contribution in [0.25, 0.3) is 0 Å². The molecule has 2 unspecified atom stereocenters. The van der Waals surface area contributed by atoms with Crippen LogP contribution in [0.2, 0.25) is 0 Å². The number of likely N-dealkylation sites (tertiary alicyclic amines) is 1. The molecule has 2 rings (SSSR count). The van der Waals surface area contributed by atoms with Gasteiger partial charge in [-0.15, -0.1) is 11.3 Å². The van der Waals surface area contributed by atoms with Crippen LogP contribution in [0.4, 0.5) is 0 Å². The van der Waals surface area contributed by atoms with Crippen molar-refractivity contribution in [1.82, 2.24) is 4.90 Å². The lowest BCUT2D eigenvalue weighted by molar-refractivity contribution is 0.126. The molecule has 0 bridgehead atoms. The van der Waals surface area contributed by atoms with Gasteiger partial charge in [-0.2, -0.15) is 0 Å². The van der Waals surface area contributed by atoms with Gasteiger partial charge in [0.05, 0.1) is 6.04 Å². The number of thiophene rings is 1. The van der Waals surface area contributed by atoms with Crippen LogP contribution in [-0.2, 0) is 0 Å². The van der Waals surface area contributed by atoms with Gasteiger partial charge < -0.3 is 5.73 Å². The molecule has 0 aromatic carbocycles. The first-order valence-electron chi connectivity index (χ1n) is 6.21. The summed E-state index contributed by atoms with van der Waals surface area (Å²) in [5, 5.41) is 2.15. The highest BCUT2D eigenvalue weighted by molar-refractivity contribution is 7.10. The number of hydrogen-bond acceptors (Lipinski definition) is 3. The van der Waals surface area contributed by atoms with Crippen molar-refractivity contribution in [3.63, 3.8) is 0 Å². The highest BCUT2D eigenvalue weighted by Gasteiger charge is 2.27. The first-order chi connectivity index (χ1) is 7.68. The zero-order valence-corrected chi connectivity index (χ0v) is 11.0. The minimum absolute atomic E-state index is 0.215. The molecule has 90 valence electrons. The third kappa shape index (κ3) is 2.65. The summed E-state index contributed by atoms with van der Waals surface area (Å²) in [6.07, 6.45) is 2.63. The first kappa shape index (κ1) is 12.1. The molecule has 1 saturated heterocycles. The summed E-state index contributed by atoms with van der Waals surface area (Å²) < 4.78 is 0. The molecule has 3 heteroatoms. The van der Waals surface area contributed by atoms with Gasteiger partial charge in [-0.25, -0.2) is 0 Å². The number of nitrogens with zero attached hydrogens (tertiary/aromatic N) is 1. The summed E-state index contributed by atoms with van der Waals surface area (Å²) >= 11 is 1.83. The monoisotopic (exact) mass is 238 g/mol. The third-order valence-electron chi connectivity index (χ3n) is 3.54. The van der Waals surface area contributed by atoms with Gasteiger partial charge in [0.15, 0.2) is 0 Å². The Hall–Kier alpha value is -0.380. The lowest BCUT2D eigenvalue weighted by Crippen LogP contribution is -2.43. The van der Waals surface area contributed by atoms with Gasteiger partial charge in [0.25, 0.3) is 0 Å². The van der Waals surface area contributed by atoms with E-state index in [2.05, 4.69) is 36.3 Å². The van der Waals surface area contributed by atoms with Crippen LogP contribution in [0.15, 0.2) is 17.5 Å². The predicted molar refractivity (Wildman–Crippen MR) is 70.7 cm³/mol. The van der Waals surface area contributed by atoms with E-state index in [-0.39, 0.29) is 6.04 Å². The number of hydrogen-bond donors (Lipinski definition) is 1. The average molecular weight is 238 g/mol. The summed E-state index contributed by atoms with van der Waals surface area (Å²) in [6, 6.07) is 4.98. The van der Waals surface area contributed by atoms with Crippen molar-refractivity contribution in [2.24, 2.45) is 11.7 Å². The Morgan fingerprint density at radius 3 is 2.62 bits per heavy atom. The molecule has 2 N–H and O–H groups in total. The second-order valence-electron chi connectivity index (χ2n) is 5.04. The van der Waals surface area contributed by atoms with Crippen LogP contribution in [0.5, 0.6) is 0 Å². The largest absolute Gasteiger partial charge is 0.326 e. The molecule has 0 spiro atoms. The SMILES string of the molecule is CC1CCN(C(c2cccs2)C(C)N)CC1. The molecule has 0 saturated carbocycles. The van der Waals surface area contributed by atoms with Crippen molar-refractivity contribution >= 4 is 11.3 Å². The normalized spacial score (nSPS) is 23.2. The van der Waals surface area contributed by atoms with E-state index in [0.717, 1.165) is 5.92 Å². The van der Waals surface area contributed by atoms with Crippen molar-refractivity contribution < 1.29 is 0 Å². The van der Waals surface area contributed by atoms with Gasteiger partial charge >= 0.3 is 0 Å². The zero-order chi connectivity index (χ0) is 11.5. The fourth-order valence-electron chi connectivity index (χ4n) is 2.54. The average Bonchev–Trinajstić information content (AvgIpc) is 2.74. The minimum atomic E-state index is 0.215. The summed E-state index contributed by atoms with van der Waals surface area (Å²) in [4.78, 5) is 3.99. The van der Waals surface area contributed by atoms with Gasteiger partial charge in [-0.05, 0) is 50.2 Å². The number of nitrogens with two attached hydrogens (primary N) is 1. The molecule has 16 heavy (non-hydrogen) atoms.